The minimum absolute atomic E-state index is 0.132. The van der Waals surface area contributed by atoms with Gasteiger partial charge in [0.05, 0.1) is 18.8 Å². The lowest BCUT2D eigenvalue weighted by molar-refractivity contribution is -0.137. The van der Waals surface area contributed by atoms with Gasteiger partial charge < -0.3 is 20.1 Å². The maximum absolute atomic E-state index is 13.2. The van der Waals surface area contributed by atoms with E-state index in [1.165, 1.54) is 6.07 Å². The van der Waals surface area contributed by atoms with Gasteiger partial charge in [-0.2, -0.15) is 13.2 Å². The number of alkyl carbamates (subject to hydrolysis) is 2. The normalized spacial score (nSPS) is 11.2. The van der Waals surface area contributed by atoms with E-state index < -0.39 is 23.9 Å². The number of hydrogen-bond donors (Lipinski definition) is 2. The standard InChI is InChI=1S/C28H37F3N2O4/c1-3-5-14-32-26(34)36-16-12-21-10-11-23(19-22-8-7-9-25(20-22)28(29,30)31)24(18-21)13-17-37-27(35)33-15-6-4-2/h7-11,18,20H,3-6,12-17,19H2,1-2H3,(H,32,34)(H,33,35). The maximum Gasteiger partial charge on any atom is 0.416 e. The van der Waals surface area contributed by atoms with Crippen LogP contribution < -0.4 is 10.6 Å². The summed E-state index contributed by atoms with van der Waals surface area (Å²) in [6.45, 7) is 5.49. The Morgan fingerprint density at radius 2 is 1.41 bits per heavy atom. The third-order valence-electron chi connectivity index (χ3n) is 5.75. The van der Waals surface area contributed by atoms with E-state index in [9.17, 15) is 22.8 Å². The fourth-order valence-corrected chi connectivity index (χ4v) is 3.67. The number of carbonyl (C=O) groups is 2. The zero-order chi connectivity index (χ0) is 27.1. The summed E-state index contributed by atoms with van der Waals surface area (Å²) in [5.74, 6) is 0. The zero-order valence-corrected chi connectivity index (χ0v) is 21.6. The highest BCUT2D eigenvalue weighted by molar-refractivity contribution is 5.67. The van der Waals surface area contributed by atoms with Crippen LogP contribution in [0.5, 0.6) is 0 Å². The summed E-state index contributed by atoms with van der Waals surface area (Å²) in [5, 5.41) is 5.38. The van der Waals surface area contributed by atoms with Crippen LogP contribution in [-0.4, -0.2) is 38.5 Å². The van der Waals surface area contributed by atoms with Crippen molar-refractivity contribution >= 4 is 12.2 Å². The quantitative estimate of drug-likeness (QED) is 0.280. The van der Waals surface area contributed by atoms with Crippen LogP contribution in [0, 0.1) is 0 Å². The minimum Gasteiger partial charge on any atom is -0.449 e. The Morgan fingerprint density at radius 3 is 2.00 bits per heavy atom. The fourth-order valence-electron chi connectivity index (χ4n) is 3.67. The van der Waals surface area contributed by atoms with E-state index in [4.69, 9.17) is 9.47 Å². The number of rotatable bonds is 14. The number of halogens is 3. The largest absolute Gasteiger partial charge is 0.449 e. The SMILES string of the molecule is CCCCNC(=O)OCCc1ccc(Cc2cccc(C(F)(F)F)c2)c(CCOC(=O)NCCCC)c1. The molecule has 0 aromatic heterocycles. The van der Waals surface area contributed by atoms with Gasteiger partial charge in [0.15, 0.2) is 0 Å². The molecule has 2 N–H and O–H groups in total. The lowest BCUT2D eigenvalue weighted by Gasteiger charge is -2.14. The van der Waals surface area contributed by atoms with Gasteiger partial charge in [0.25, 0.3) is 0 Å². The van der Waals surface area contributed by atoms with Gasteiger partial charge in [-0.15, -0.1) is 0 Å². The van der Waals surface area contributed by atoms with Crippen LogP contribution in [-0.2, 0) is 34.9 Å². The number of hydrogen-bond acceptors (Lipinski definition) is 4. The molecule has 6 nitrogen and oxygen atoms in total. The maximum atomic E-state index is 13.2. The van der Waals surface area contributed by atoms with Crippen LogP contribution in [0.15, 0.2) is 42.5 Å². The van der Waals surface area contributed by atoms with Gasteiger partial charge in [0.1, 0.15) is 0 Å². The molecule has 0 saturated heterocycles. The van der Waals surface area contributed by atoms with Gasteiger partial charge in [-0.25, -0.2) is 9.59 Å². The first-order chi connectivity index (χ1) is 17.7. The average Bonchev–Trinajstić information content (AvgIpc) is 2.85. The summed E-state index contributed by atoms with van der Waals surface area (Å²) in [7, 11) is 0. The van der Waals surface area contributed by atoms with Gasteiger partial charge in [-0.05, 0) is 47.6 Å². The second kappa shape index (κ2) is 15.8. The predicted octanol–water partition coefficient (Wildman–Crippen LogP) is 6.43. The van der Waals surface area contributed by atoms with E-state index in [0.717, 1.165) is 54.5 Å². The topological polar surface area (TPSA) is 76.7 Å². The molecule has 0 unspecified atom stereocenters. The zero-order valence-electron chi connectivity index (χ0n) is 21.6. The fraction of sp³-hybridized carbons (Fsp3) is 0.500. The van der Waals surface area contributed by atoms with Gasteiger partial charge >= 0.3 is 18.4 Å². The first-order valence-electron chi connectivity index (χ1n) is 12.8. The number of unbranched alkanes of at least 4 members (excludes halogenated alkanes) is 2. The molecular weight excluding hydrogens is 485 g/mol. The number of amides is 2. The highest BCUT2D eigenvalue weighted by Gasteiger charge is 2.30. The Kier molecular flexibility index (Phi) is 12.8. The van der Waals surface area contributed by atoms with Crippen molar-refractivity contribution in [1.29, 1.82) is 0 Å². The monoisotopic (exact) mass is 522 g/mol. The second-order valence-corrected chi connectivity index (χ2v) is 8.81. The van der Waals surface area contributed by atoms with Crippen LogP contribution in [0.1, 0.15) is 67.3 Å². The number of ether oxygens (including phenoxy) is 2. The van der Waals surface area contributed by atoms with Crippen molar-refractivity contribution < 1.29 is 32.2 Å². The third-order valence-corrected chi connectivity index (χ3v) is 5.75. The van der Waals surface area contributed by atoms with Gasteiger partial charge in [-0.3, -0.25) is 0 Å². The molecule has 2 amide bonds. The van der Waals surface area contributed by atoms with Crippen molar-refractivity contribution in [2.45, 2.75) is 65.0 Å². The van der Waals surface area contributed by atoms with Crippen molar-refractivity contribution in [3.8, 4) is 0 Å². The molecule has 0 fully saturated rings. The minimum atomic E-state index is -4.41. The number of nitrogens with one attached hydrogen (secondary N) is 2. The van der Waals surface area contributed by atoms with E-state index in [1.807, 2.05) is 32.0 Å². The van der Waals surface area contributed by atoms with Gasteiger partial charge in [-0.1, -0.05) is 63.1 Å². The van der Waals surface area contributed by atoms with E-state index in [1.54, 1.807) is 6.07 Å². The van der Waals surface area contributed by atoms with Crippen molar-refractivity contribution in [3.05, 3.63) is 70.3 Å². The van der Waals surface area contributed by atoms with Crippen LogP contribution in [0.25, 0.3) is 0 Å². The molecule has 0 aliphatic carbocycles. The first kappa shape index (κ1) is 30.0. The highest BCUT2D eigenvalue weighted by Crippen LogP contribution is 2.30. The Morgan fingerprint density at radius 1 is 0.784 bits per heavy atom. The second-order valence-electron chi connectivity index (χ2n) is 8.81. The Bertz CT molecular complexity index is 996. The average molecular weight is 523 g/mol. The van der Waals surface area contributed by atoms with Crippen LogP contribution in [0.3, 0.4) is 0 Å². The summed E-state index contributed by atoms with van der Waals surface area (Å²) >= 11 is 0. The van der Waals surface area contributed by atoms with Crippen molar-refractivity contribution in [3.63, 3.8) is 0 Å². The third kappa shape index (κ3) is 11.6. The van der Waals surface area contributed by atoms with E-state index in [-0.39, 0.29) is 13.2 Å². The first-order valence-corrected chi connectivity index (χ1v) is 12.8. The van der Waals surface area contributed by atoms with E-state index >= 15 is 0 Å². The molecule has 0 saturated carbocycles. The summed E-state index contributed by atoms with van der Waals surface area (Å²) in [6, 6.07) is 10.9. The summed E-state index contributed by atoms with van der Waals surface area (Å²) in [6.07, 6.45) is -0.512. The molecule has 37 heavy (non-hydrogen) atoms. The Hall–Kier alpha value is -3.23. The molecule has 0 bridgehead atoms. The molecule has 0 spiro atoms. The molecular formula is C28H37F3N2O4. The molecule has 0 atom stereocenters. The highest BCUT2D eigenvalue weighted by atomic mass is 19.4. The van der Waals surface area contributed by atoms with Crippen molar-refractivity contribution in [2.75, 3.05) is 26.3 Å². The smallest absolute Gasteiger partial charge is 0.416 e. The Labute approximate surface area is 216 Å². The molecule has 0 heterocycles. The Balaban J connectivity index is 2.07. The lowest BCUT2D eigenvalue weighted by Crippen LogP contribution is -2.26. The van der Waals surface area contributed by atoms with E-state index in [2.05, 4.69) is 10.6 Å². The molecule has 204 valence electrons. The molecule has 0 aliphatic rings. The van der Waals surface area contributed by atoms with Gasteiger partial charge in [0.2, 0.25) is 0 Å². The van der Waals surface area contributed by atoms with Crippen LogP contribution >= 0.6 is 0 Å². The number of benzene rings is 2. The molecule has 2 aromatic rings. The molecule has 2 rings (SSSR count). The van der Waals surface area contributed by atoms with Crippen LogP contribution in [0.4, 0.5) is 22.8 Å². The molecule has 2 aromatic carbocycles. The summed E-state index contributed by atoms with van der Waals surface area (Å²) < 4.78 is 50.0. The predicted molar refractivity (Wildman–Crippen MR) is 137 cm³/mol. The van der Waals surface area contributed by atoms with Crippen molar-refractivity contribution in [2.24, 2.45) is 0 Å². The molecule has 0 aliphatic heterocycles. The van der Waals surface area contributed by atoms with Crippen molar-refractivity contribution in [1.82, 2.24) is 10.6 Å². The molecule has 0 radical (unpaired) electrons. The number of carbonyl (C=O) groups excluding carboxylic acids is 2. The van der Waals surface area contributed by atoms with E-state index in [0.29, 0.717) is 37.9 Å². The lowest BCUT2D eigenvalue weighted by atomic mass is 9.94. The molecule has 9 heteroatoms. The summed E-state index contributed by atoms with van der Waals surface area (Å²) in [4.78, 5) is 23.6. The van der Waals surface area contributed by atoms with Gasteiger partial charge in [0, 0.05) is 25.9 Å². The number of alkyl halides is 3. The van der Waals surface area contributed by atoms with Crippen LogP contribution in [0.2, 0.25) is 0 Å². The summed E-state index contributed by atoms with van der Waals surface area (Å²) in [5.41, 5.74) is 2.47.